The molecule has 0 aliphatic rings. The molecule has 0 heterocycles. The van der Waals surface area contributed by atoms with Crippen molar-refractivity contribution in [1.82, 2.24) is 0 Å². The van der Waals surface area contributed by atoms with E-state index in [4.69, 9.17) is 4.53 Å². The lowest BCUT2D eigenvalue weighted by molar-refractivity contribution is 0.363. The third-order valence-electron chi connectivity index (χ3n) is 1.08. The van der Waals surface area contributed by atoms with E-state index in [9.17, 15) is 0 Å². The Morgan fingerprint density at radius 2 is 2.00 bits per heavy atom. The van der Waals surface area contributed by atoms with Crippen LogP contribution in [-0.4, -0.2) is 15.5 Å². The van der Waals surface area contributed by atoms with Gasteiger partial charge in [0.15, 0.2) is 0 Å². The topological polar surface area (TPSA) is 21.6 Å². The molecule has 0 aliphatic heterocycles. The fourth-order valence-corrected chi connectivity index (χ4v) is 0.710. The quantitative estimate of drug-likeness (QED) is 0.334. The van der Waals surface area contributed by atoms with Crippen LogP contribution in [0.4, 0.5) is 0 Å². The van der Waals surface area contributed by atoms with Crippen LogP contribution in [0.25, 0.3) is 0 Å². The molecule has 52 valence electrons. The maximum absolute atomic E-state index is 4.89. The van der Waals surface area contributed by atoms with Crippen molar-refractivity contribution < 1.29 is 4.53 Å². The highest BCUT2D eigenvalue weighted by atomic mass is 28.2. The van der Waals surface area contributed by atoms with Crippen molar-refractivity contribution in [3.63, 3.8) is 0 Å². The van der Waals surface area contributed by atoms with Crippen LogP contribution in [0.3, 0.4) is 0 Å². The van der Waals surface area contributed by atoms with E-state index in [0.29, 0.717) is 9.76 Å². The Bertz CT molecular complexity index is 87.1. The zero-order valence-electron chi connectivity index (χ0n) is 6.27. The van der Waals surface area contributed by atoms with Crippen LogP contribution in [0.2, 0.25) is 6.55 Å². The second kappa shape index (κ2) is 5.82. The van der Waals surface area contributed by atoms with Crippen molar-refractivity contribution in [2.75, 3.05) is 0 Å². The van der Waals surface area contributed by atoms with Crippen LogP contribution in [-0.2, 0) is 4.53 Å². The first-order valence-corrected chi connectivity index (χ1v) is 4.64. The monoisotopic (exact) mass is 143 g/mol. The highest BCUT2D eigenvalue weighted by Gasteiger charge is 1.89. The molecule has 0 bridgehead atoms. The Hall–Kier alpha value is -0.313. The maximum atomic E-state index is 4.89. The summed E-state index contributed by atoms with van der Waals surface area (Å²) in [5.74, 6) is 0. The molecular weight excluding hydrogens is 130 g/mol. The van der Waals surface area contributed by atoms with E-state index < -0.39 is 0 Å². The second-order valence-corrected chi connectivity index (χ2v) is 2.25. The zero-order valence-corrected chi connectivity index (χ0v) is 7.27. The first kappa shape index (κ1) is 8.69. The summed E-state index contributed by atoms with van der Waals surface area (Å²) in [4.78, 5) is 0. The maximum Gasteiger partial charge on any atom is 0.350 e. The minimum absolute atomic E-state index is 0.469. The summed E-state index contributed by atoms with van der Waals surface area (Å²) in [6.07, 6.45) is 2.00. The van der Waals surface area contributed by atoms with Crippen molar-refractivity contribution >= 4 is 15.5 Å². The lowest BCUT2D eigenvalue weighted by Gasteiger charge is -1.96. The Balaban J connectivity index is 3.48. The molecule has 0 rings (SSSR count). The molecule has 9 heavy (non-hydrogen) atoms. The molecule has 0 unspecified atom stereocenters. The van der Waals surface area contributed by atoms with Gasteiger partial charge in [-0.2, -0.15) is 0 Å². The molecule has 0 saturated heterocycles. The van der Waals surface area contributed by atoms with Gasteiger partial charge in [0, 0.05) is 0 Å². The van der Waals surface area contributed by atoms with E-state index >= 15 is 0 Å². The molecule has 2 radical (unpaired) electrons. The first-order chi connectivity index (χ1) is 4.35. The lowest BCUT2D eigenvalue weighted by atomic mass is 10.2. The van der Waals surface area contributed by atoms with E-state index in [0.717, 1.165) is 18.6 Å². The summed E-state index contributed by atoms with van der Waals surface area (Å²) in [7, 11) is 0.469. The number of rotatable bonds is 4. The van der Waals surface area contributed by atoms with Gasteiger partial charge >= 0.3 is 9.76 Å². The van der Waals surface area contributed by atoms with E-state index in [2.05, 4.69) is 19.0 Å². The molecule has 0 fully saturated rings. The molecular formula is C6H13NOSi. The summed E-state index contributed by atoms with van der Waals surface area (Å²) >= 11 is 0. The predicted molar refractivity (Wildman–Crippen MR) is 40.7 cm³/mol. The highest BCUT2D eigenvalue weighted by molar-refractivity contribution is 6.24. The SMILES string of the molecule is CCC(CC)=NO[Si]C. The average Bonchev–Trinajstić information content (AvgIpc) is 1.91. The van der Waals surface area contributed by atoms with Crippen molar-refractivity contribution in [1.29, 1.82) is 0 Å². The molecule has 0 saturated carbocycles. The summed E-state index contributed by atoms with van der Waals surface area (Å²) in [5, 5.41) is 3.91. The molecule has 0 aromatic carbocycles. The molecule has 0 aliphatic carbocycles. The Kier molecular flexibility index (Phi) is 5.61. The van der Waals surface area contributed by atoms with Gasteiger partial charge in [-0.25, -0.2) is 0 Å². The van der Waals surface area contributed by atoms with Crippen LogP contribution in [0.15, 0.2) is 5.16 Å². The molecule has 0 N–H and O–H groups in total. The molecule has 3 heteroatoms. The van der Waals surface area contributed by atoms with Gasteiger partial charge in [-0.1, -0.05) is 13.8 Å². The summed E-state index contributed by atoms with van der Waals surface area (Å²) < 4.78 is 4.89. The number of oxime groups is 1. The van der Waals surface area contributed by atoms with Gasteiger partial charge in [-0.15, -0.1) is 5.16 Å². The van der Waals surface area contributed by atoms with Crippen LogP contribution in [0, 0.1) is 0 Å². The smallest absolute Gasteiger partial charge is 0.350 e. The fraction of sp³-hybridized carbons (Fsp3) is 0.833. The zero-order chi connectivity index (χ0) is 7.11. The molecule has 0 aromatic rings. The predicted octanol–water partition coefficient (Wildman–Crippen LogP) is 1.85. The van der Waals surface area contributed by atoms with Gasteiger partial charge in [0.05, 0.1) is 5.71 Å². The van der Waals surface area contributed by atoms with Gasteiger partial charge in [0.1, 0.15) is 0 Å². The number of hydrogen-bond acceptors (Lipinski definition) is 2. The third-order valence-corrected chi connectivity index (χ3v) is 1.36. The summed E-state index contributed by atoms with van der Waals surface area (Å²) in [6.45, 7) is 6.14. The summed E-state index contributed by atoms with van der Waals surface area (Å²) in [5.41, 5.74) is 1.14. The molecule has 0 aromatic heterocycles. The van der Waals surface area contributed by atoms with Gasteiger partial charge < -0.3 is 4.53 Å². The Morgan fingerprint density at radius 1 is 1.44 bits per heavy atom. The van der Waals surface area contributed by atoms with E-state index in [-0.39, 0.29) is 0 Å². The van der Waals surface area contributed by atoms with Crippen LogP contribution < -0.4 is 0 Å². The number of hydrogen-bond donors (Lipinski definition) is 0. The summed E-state index contributed by atoms with van der Waals surface area (Å²) in [6, 6.07) is 0. The van der Waals surface area contributed by atoms with Crippen molar-refractivity contribution in [2.24, 2.45) is 5.16 Å². The van der Waals surface area contributed by atoms with Crippen LogP contribution >= 0.6 is 0 Å². The Labute approximate surface area is 59.2 Å². The third kappa shape index (κ3) is 4.21. The van der Waals surface area contributed by atoms with Gasteiger partial charge in [-0.05, 0) is 19.4 Å². The van der Waals surface area contributed by atoms with Gasteiger partial charge in [-0.3, -0.25) is 0 Å². The molecule has 0 atom stereocenters. The molecule has 0 amide bonds. The van der Waals surface area contributed by atoms with Gasteiger partial charge in [0.25, 0.3) is 0 Å². The minimum Gasteiger partial charge on any atom is -0.454 e. The second-order valence-electron chi connectivity index (χ2n) is 1.66. The van der Waals surface area contributed by atoms with Crippen LogP contribution in [0.1, 0.15) is 26.7 Å². The average molecular weight is 143 g/mol. The Morgan fingerprint density at radius 3 is 2.33 bits per heavy atom. The number of nitrogens with zero attached hydrogens (tertiary/aromatic N) is 1. The van der Waals surface area contributed by atoms with Crippen molar-refractivity contribution in [3.8, 4) is 0 Å². The largest absolute Gasteiger partial charge is 0.454 e. The fourth-order valence-electron chi connectivity index (χ4n) is 0.489. The van der Waals surface area contributed by atoms with E-state index in [1.807, 2.05) is 6.55 Å². The minimum atomic E-state index is 0.469. The van der Waals surface area contributed by atoms with E-state index in [1.54, 1.807) is 0 Å². The van der Waals surface area contributed by atoms with Gasteiger partial charge in [0.2, 0.25) is 0 Å². The lowest BCUT2D eigenvalue weighted by Crippen LogP contribution is -1.95. The molecule has 0 spiro atoms. The van der Waals surface area contributed by atoms with Crippen LogP contribution in [0.5, 0.6) is 0 Å². The highest BCUT2D eigenvalue weighted by Crippen LogP contribution is 1.91. The standard InChI is InChI=1S/C6H13NOSi/c1-4-6(5-2)7-8-9-3/h4-5H2,1-3H3. The van der Waals surface area contributed by atoms with Crippen molar-refractivity contribution in [3.05, 3.63) is 0 Å². The molecule has 2 nitrogen and oxygen atoms in total. The first-order valence-electron chi connectivity index (χ1n) is 3.23. The van der Waals surface area contributed by atoms with Crippen molar-refractivity contribution in [2.45, 2.75) is 33.2 Å². The normalized spacial score (nSPS) is 8.78. The van der Waals surface area contributed by atoms with E-state index in [1.165, 1.54) is 0 Å².